The van der Waals surface area contributed by atoms with E-state index in [1.54, 1.807) is 45.4 Å². The van der Waals surface area contributed by atoms with Crippen LogP contribution in [0, 0.1) is 0 Å². The zero-order valence-electron chi connectivity index (χ0n) is 15.9. The molecular weight excluding hydrogens is 378 g/mol. The molecule has 1 unspecified atom stereocenters. The summed E-state index contributed by atoms with van der Waals surface area (Å²) < 4.78 is 21.2. The lowest BCUT2D eigenvalue weighted by atomic mass is 10.2. The van der Waals surface area contributed by atoms with Gasteiger partial charge in [0.2, 0.25) is 0 Å². The summed E-state index contributed by atoms with van der Waals surface area (Å²) in [7, 11) is 3.22. The number of benzene rings is 2. The zero-order chi connectivity index (χ0) is 19.9. The molecule has 0 saturated heterocycles. The number of carbonyl (C=O) groups is 1. The van der Waals surface area contributed by atoms with Gasteiger partial charge in [-0.2, -0.15) is 0 Å². The van der Waals surface area contributed by atoms with E-state index in [-0.39, 0.29) is 6.61 Å². The minimum Gasteiger partial charge on any atom is -0.497 e. The van der Waals surface area contributed by atoms with Gasteiger partial charge in [0.15, 0.2) is 6.10 Å². The first-order chi connectivity index (χ1) is 13.6. The normalized spacial score (nSPS) is 11.5. The number of hydrogen-bond acceptors (Lipinski definition) is 7. The van der Waals surface area contributed by atoms with Crippen molar-refractivity contribution < 1.29 is 23.7 Å². The molecule has 0 aliphatic carbocycles. The van der Waals surface area contributed by atoms with Crippen LogP contribution in [0.2, 0.25) is 0 Å². The third kappa shape index (κ3) is 5.01. The number of rotatable bonds is 8. The van der Waals surface area contributed by atoms with Gasteiger partial charge in [0.05, 0.1) is 19.9 Å². The average Bonchev–Trinajstić information content (AvgIpc) is 3.21. The highest BCUT2D eigenvalue weighted by Crippen LogP contribution is 2.26. The van der Waals surface area contributed by atoms with Crippen LogP contribution >= 0.6 is 11.3 Å². The molecule has 6 nitrogen and oxygen atoms in total. The van der Waals surface area contributed by atoms with Crippen LogP contribution in [-0.2, 0) is 16.1 Å². The molecule has 0 N–H and O–H groups in total. The molecule has 0 amide bonds. The summed E-state index contributed by atoms with van der Waals surface area (Å²) in [5, 5.41) is 2.73. The summed E-state index contributed by atoms with van der Waals surface area (Å²) in [6, 6.07) is 14.7. The molecule has 0 aliphatic heterocycles. The van der Waals surface area contributed by atoms with Crippen LogP contribution in [0.4, 0.5) is 0 Å². The summed E-state index contributed by atoms with van der Waals surface area (Å²) >= 11 is 1.50. The minimum atomic E-state index is -0.729. The molecule has 7 heteroatoms. The van der Waals surface area contributed by atoms with Crippen molar-refractivity contribution in [2.45, 2.75) is 19.6 Å². The molecule has 146 valence electrons. The molecule has 0 bridgehead atoms. The SMILES string of the molecule is COc1ccc(OC(C)C(=O)OCc2csc(-c3ccc(OC)cc3)n2)cc1. The fourth-order valence-corrected chi connectivity index (χ4v) is 3.22. The molecule has 0 fully saturated rings. The third-order valence-corrected chi connectivity index (χ3v) is 4.90. The van der Waals surface area contributed by atoms with Crippen molar-refractivity contribution in [3.63, 3.8) is 0 Å². The number of esters is 1. The summed E-state index contributed by atoms with van der Waals surface area (Å²) in [4.78, 5) is 16.7. The predicted molar refractivity (Wildman–Crippen MR) is 107 cm³/mol. The Morgan fingerprint density at radius 1 is 0.964 bits per heavy atom. The van der Waals surface area contributed by atoms with Gasteiger partial charge in [-0.25, -0.2) is 9.78 Å². The zero-order valence-corrected chi connectivity index (χ0v) is 16.7. The maximum absolute atomic E-state index is 12.2. The van der Waals surface area contributed by atoms with Gasteiger partial charge in [-0.05, 0) is 55.5 Å². The molecule has 3 rings (SSSR count). The minimum absolute atomic E-state index is 0.0990. The van der Waals surface area contributed by atoms with Gasteiger partial charge < -0.3 is 18.9 Å². The third-order valence-electron chi connectivity index (χ3n) is 3.96. The molecule has 2 aromatic carbocycles. The number of nitrogens with zero attached hydrogens (tertiary/aromatic N) is 1. The maximum atomic E-state index is 12.2. The fraction of sp³-hybridized carbons (Fsp3) is 0.238. The van der Waals surface area contributed by atoms with E-state index < -0.39 is 12.1 Å². The van der Waals surface area contributed by atoms with Gasteiger partial charge in [0.25, 0.3) is 0 Å². The number of hydrogen-bond donors (Lipinski definition) is 0. The second-order valence-corrected chi connectivity index (χ2v) is 6.77. The Hall–Kier alpha value is -3.06. The monoisotopic (exact) mass is 399 g/mol. The van der Waals surface area contributed by atoms with Crippen molar-refractivity contribution in [1.29, 1.82) is 0 Å². The Bertz CT molecular complexity index is 905. The summed E-state index contributed by atoms with van der Waals surface area (Å²) in [6.07, 6.45) is -0.729. The van der Waals surface area contributed by atoms with Crippen molar-refractivity contribution in [3.05, 3.63) is 59.6 Å². The number of methoxy groups -OCH3 is 2. The second-order valence-electron chi connectivity index (χ2n) is 5.92. The van der Waals surface area contributed by atoms with E-state index in [9.17, 15) is 4.79 Å². The van der Waals surface area contributed by atoms with E-state index in [1.165, 1.54) is 11.3 Å². The molecular formula is C21H21NO5S. The van der Waals surface area contributed by atoms with Gasteiger partial charge in [0, 0.05) is 10.9 Å². The lowest BCUT2D eigenvalue weighted by molar-refractivity contribution is -0.152. The van der Waals surface area contributed by atoms with Gasteiger partial charge in [0.1, 0.15) is 28.9 Å². The smallest absolute Gasteiger partial charge is 0.347 e. The molecule has 28 heavy (non-hydrogen) atoms. The van der Waals surface area contributed by atoms with Crippen molar-refractivity contribution in [2.75, 3.05) is 14.2 Å². The van der Waals surface area contributed by atoms with Gasteiger partial charge in [-0.1, -0.05) is 0 Å². The second kappa shape index (κ2) is 9.23. The Balaban J connectivity index is 1.52. The van der Waals surface area contributed by atoms with Crippen LogP contribution in [0.1, 0.15) is 12.6 Å². The molecule has 1 atom stereocenters. The largest absolute Gasteiger partial charge is 0.497 e. The highest BCUT2D eigenvalue weighted by atomic mass is 32.1. The van der Waals surface area contributed by atoms with E-state index >= 15 is 0 Å². The van der Waals surface area contributed by atoms with Crippen LogP contribution in [0.25, 0.3) is 10.6 Å². The Labute approximate surface area is 167 Å². The van der Waals surface area contributed by atoms with Gasteiger partial charge >= 0.3 is 5.97 Å². The van der Waals surface area contributed by atoms with Crippen molar-refractivity contribution in [2.24, 2.45) is 0 Å². The standard InChI is InChI=1S/C21H21NO5S/c1-14(27-19-10-8-18(25-3)9-11-19)21(23)26-12-16-13-28-20(22-16)15-4-6-17(24-2)7-5-15/h4-11,13-14H,12H2,1-3H3. The van der Waals surface area contributed by atoms with E-state index in [0.717, 1.165) is 22.1 Å². The van der Waals surface area contributed by atoms with Crippen LogP contribution in [0.15, 0.2) is 53.9 Å². The quantitative estimate of drug-likeness (QED) is 0.525. The molecule has 0 saturated carbocycles. The highest BCUT2D eigenvalue weighted by molar-refractivity contribution is 7.13. The van der Waals surface area contributed by atoms with Crippen molar-refractivity contribution in [3.8, 4) is 27.8 Å². The van der Waals surface area contributed by atoms with Crippen molar-refractivity contribution in [1.82, 2.24) is 4.98 Å². The molecule has 1 heterocycles. The van der Waals surface area contributed by atoms with Crippen LogP contribution < -0.4 is 14.2 Å². The predicted octanol–water partition coefficient (Wildman–Crippen LogP) is 4.34. The van der Waals surface area contributed by atoms with Crippen molar-refractivity contribution >= 4 is 17.3 Å². The number of aromatic nitrogens is 1. The first kappa shape index (κ1) is 19.7. The number of ether oxygens (including phenoxy) is 4. The Morgan fingerprint density at radius 3 is 2.14 bits per heavy atom. The number of carbonyl (C=O) groups excluding carboxylic acids is 1. The lowest BCUT2D eigenvalue weighted by Crippen LogP contribution is -2.26. The molecule has 3 aromatic rings. The van der Waals surface area contributed by atoms with Crippen LogP contribution in [0.3, 0.4) is 0 Å². The highest BCUT2D eigenvalue weighted by Gasteiger charge is 2.17. The average molecular weight is 399 g/mol. The van der Waals surface area contributed by atoms with Gasteiger partial charge in [-0.3, -0.25) is 0 Å². The van der Waals surface area contributed by atoms with E-state index in [0.29, 0.717) is 11.4 Å². The van der Waals surface area contributed by atoms with E-state index in [1.807, 2.05) is 29.6 Å². The molecule has 0 radical (unpaired) electrons. The van der Waals surface area contributed by atoms with E-state index in [2.05, 4.69) is 4.98 Å². The van der Waals surface area contributed by atoms with Crippen LogP contribution in [-0.4, -0.2) is 31.3 Å². The first-order valence-electron chi connectivity index (χ1n) is 8.65. The Morgan fingerprint density at radius 2 is 1.54 bits per heavy atom. The van der Waals surface area contributed by atoms with Gasteiger partial charge in [-0.15, -0.1) is 11.3 Å². The fourth-order valence-electron chi connectivity index (χ4n) is 2.41. The summed E-state index contributed by atoms with van der Waals surface area (Å²) in [5.41, 5.74) is 1.68. The number of thiazole rings is 1. The lowest BCUT2D eigenvalue weighted by Gasteiger charge is -2.13. The summed E-state index contributed by atoms with van der Waals surface area (Å²) in [6.45, 7) is 1.75. The molecule has 0 spiro atoms. The van der Waals surface area contributed by atoms with Crippen LogP contribution in [0.5, 0.6) is 17.2 Å². The van der Waals surface area contributed by atoms with E-state index in [4.69, 9.17) is 18.9 Å². The maximum Gasteiger partial charge on any atom is 0.347 e. The Kier molecular flexibility index (Phi) is 6.49. The summed E-state index contributed by atoms with van der Waals surface area (Å²) in [5.74, 6) is 1.63. The first-order valence-corrected chi connectivity index (χ1v) is 9.53. The molecule has 1 aromatic heterocycles. The topological polar surface area (TPSA) is 66.9 Å². The molecule has 0 aliphatic rings.